The monoisotopic (exact) mass is 224 g/mol. The van der Waals surface area contributed by atoms with Crippen molar-refractivity contribution in [3.8, 4) is 0 Å². The number of nitrogens with one attached hydrogen (secondary N) is 1. The SMILES string of the molecule is CNC(=O)c1c(Cl)c(N)nn1C.Cl. The van der Waals surface area contributed by atoms with Gasteiger partial charge in [0.1, 0.15) is 10.7 Å². The molecule has 0 aliphatic carbocycles. The first kappa shape index (κ1) is 12.1. The second kappa shape index (κ2) is 4.34. The fourth-order valence-corrected chi connectivity index (χ4v) is 1.13. The zero-order valence-corrected chi connectivity index (χ0v) is 8.74. The first-order valence-corrected chi connectivity index (χ1v) is 3.65. The maximum atomic E-state index is 11.2. The van der Waals surface area contributed by atoms with Crippen molar-refractivity contribution >= 4 is 35.7 Å². The third kappa shape index (κ3) is 2.05. The second-order valence-electron chi connectivity index (χ2n) is 2.25. The molecule has 0 aliphatic heterocycles. The van der Waals surface area contributed by atoms with E-state index >= 15 is 0 Å². The lowest BCUT2D eigenvalue weighted by Gasteiger charge is -1.98. The average Bonchev–Trinajstić information content (AvgIpc) is 2.26. The van der Waals surface area contributed by atoms with E-state index < -0.39 is 0 Å². The van der Waals surface area contributed by atoms with Gasteiger partial charge in [-0.3, -0.25) is 9.48 Å². The molecule has 1 aromatic rings. The molecule has 7 heteroatoms. The highest BCUT2D eigenvalue weighted by Gasteiger charge is 2.17. The largest absolute Gasteiger partial charge is 0.381 e. The number of carbonyl (C=O) groups is 1. The van der Waals surface area contributed by atoms with Gasteiger partial charge in [0.25, 0.3) is 5.91 Å². The van der Waals surface area contributed by atoms with E-state index in [1.54, 1.807) is 7.05 Å². The van der Waals surface area contributed by atoms with Gasteiger partial charge in [-0.15, -0.1) is 12.4 Å². The topological polar surface area (TPSA) is 72.9 Å². The van der Waals surface area contributed by atoms with Crippen molar-refractivity contribution in [1.29, 1.82) is 0 Å². The lowest BCUT2D eigenvalue weighted by Crippen LogP contribution is -2.21. The van der Waals surface area contributed by atoms with Gasteiger partial charge in [-0.05, 0) is 0 Å². The molecule has 0 unspecified atom stereocenters. The van der Waals surface area contributed by atoms with Crippen LogP contribution in [0.15, 0.2) is 0 Å². The van der Waals surface area contributed by atoms with Crippen LogP contribution in [-0.4, -0.2) is 22.7 Å². The number of aryl methyl sites for hydroxylation is 1. The van der Waals surface area contributed by atoms with Crippen LogP contribution in [0.25, 0.3) is 0 Å². The van der Waals surface area contributed by atoms with E-state index in [0.29, 0.717) is 0 Å². The number of rotatable bonds is 1. The van der Waals surface area contributed by atoms with Crippen LogP contribution in [0.5, 0.6) is 0 Å². The Hall–Kier alpha value is -0.940. The second-order valence-corrected chi connectivity index (χ2v) is 2.63. The van der Waals surface area contributed by atoms with Crippen LogP contribution in [0.3, 0.4) is 0 Å². The maximum Gasteiger partial charge on any atom is 0.270 e. The van der Waals surface area contributed by atoms with Crippen LogP contribution in [-0.2, 0) is 7.05 Å². The molecule has 5 nitrogen and oxygen atoms in total. The van der Waals surface area contributed by atoms with E-state index in [4.69, 9.17) is 17.3 Å². The minimum atomic E-state index is -0.299. The zero-order chi connectivity index (χ0) is 9.30. The van der Waals surface area contributed by atoms with Gasteiger partial charge >= 0.3 is 0 Å². The van der Waals surface area contributed by atoms with E-state index in [-0.39, 0.29) is 34.8 Å². The van der Waals surface area contributed by atoms with Crippen LogP contribution in [0.2, 0.25) is 5.02 Å². The number of aromatic nitrogens is 2. The summed E-state index contributed by atoms with van der Waals surface area (Å²) in [5.74, 6) is -0.135. The highest BCUT2D eigenvalue weighted by molar-refractivity contribution is 6.35. The molecule has 1 heterocycles. The number of halogens is 2. The normalized spacial score (nSPS) is 9.15. The predicted molar refractivity (Wildman–Crippen MR) is 53.3 cm³/mol. The standard InChI is InChI=1S/C6H9ClN4O.ClH/c1-9-6(12)4-3(7)5(8)10-11(4)2;/h1-2H3,(H2,8,10)(H,9,12);1H. The fraction of sp³-hybridized carbons (Fsp3) is 0.333. The van der Waals surface area contributed by atoms with Crippen molar-refractivity contribution in [2.24, 2.45) is 7.05 Å². The molecule has 0 aromatic carbocycles. The molecular formula is C6H10Cl2N4O. The minimum absolute atomic E-state index is 0. The highest BCUT2D eigenvalue weighted by atomic mass is 35.5. The van der Waals surface area contributed by atoms with Gasteiger partial charge in [-0.2, -0.15) is 5.10 Å². The molecule has 74 valence electrons. The summed E-state index contributed by atoms with van der Waals surface area (Å²) in [4.78, 5) is 11.2. The van der Waals surface area contributed by atoms with E-state index in [1.165, 1.54) is 11.7 Å². The van der Waals surface area contributed by atoms with Gasteiger partial charge in [-0.25, -0.2) is 0 Å². The third-order valence-corrected chi connectivity index (χ3v) is 1.83. The Balaban J connectivity index is 0.00000144. The molecule has 1 rings (SSSR count). The Kier molecular flexibility index (Phi) is 4.03. The van der Waals surface area contributed by atoms with E-state index in [9.17, 15) is 4.79 Å². The molecule has 1 amide bonds. The Morgan fingerprint density at radius 1 is 1.69 bits per heavy atom. The molecule has 0 saturated carbocycles. The summed E-state index contributed by atoms with van der Waals surface area (Å²) in [5.41, 5.74) is 5.66. The maximum absolute atomic E-state index is 11.2. The van der Waals surface area contributed by atoms with Gasteiger partial charge in [0.2, 0.25) is 0 Å². The van der Waals surface area contributed by atoms with Crippen molar-refractivity contribution in [2.45, 2.75) is 0 Å². The van der Waals surface area contributed by atoms with Crippen molar-refractivity contribution < 1.29 is 4.79 Å². The predicted octanol–water partition coefficient (Wildman–Crippen LogP) is 0.437. The number of anilines is 1. The van der Waals surface area contributed by atoms with Crippen molar-refractivity contribution in [3.63, 3.8) is 0 Å². The molecule has 1 aromatic heterocycles. The summed E-state index contributed by atoms with van der Waals surface area (Å²) in [7, 11) is 3.12. The van der Waals surface area contributed by atoms with Crippen LogP contribution in [0, 0.1) is 0 Å². The number of nitrogens with two attached hydrogens (primary N) is 1. The van der Waals surface area contributed by atoms with Crippen molar-refractivity contribution in [3.05, 3.63) is 10.7 Å². The van der Waals surface area contributed by atoms with Crippen molar-refractivity contribution in [2.75, 3.05) is 12.8 Å². The van der Waals surface area contributed by atoms with Gasteiger partial charge in [-0.1, -0.05) is 11.6 Å². The zero-order valence-electron chi connectivity index (χ0n) is 7.17. The molecule has 0 radical (unpaired) electrons. The van der Waals surface area contributed by atoms with E-state index in [1.807, 2.05) is 0 Å². The number of nitrogen functional groups attached to an aromatic ring is 1. The molecule has 0 saturated heterocycles. The lowest BCUT2D eigenvalue weighted by molar-refractivity contribution is 0.0954. The molecule has 0 fully saturated rings. The Morgan fingerprint density at radius 3 is 2.54 bits per heavy atom. The van der Waals surface area contributed by atoms with Gasteiger partial charge in [0.15, 0.2) is 5.82 Å². The summed E-state index contributed by atoms with van der Waals surface area (Å²) in [5, 5.41) is 6.41. The third-order valence-electron chi connectivity index (χ3n) is 1.46. The van der Waals surface area contributed by atoms with Crippen molar-refractivity contribution in [1.82, 2.24) is 15.1 Å². The highest BCUT2D eigenvalue weighted by Crippen LogP contribution is 2.21. The summed E-state index contributed by atoms with van der Waals surface area (Å²) < 4.78 is 1.34. The summed E-state index contributed by atoms with van der Waals surface area (Å²) in [6.07, 6.45) is 0. The Labute approximate surface area is 86.6 Å². The van der Waals surface area contributed by atoms with Crippen LogP contribution >= 0.6 is 24.0 Å². The van der Waals surface area contributed by atoms with Gasteiger partial charge in [0, 0.05) is 14.1 Å². The molecule has 13 heavy (non-hydrogen) atoms. The number of hydrogen-bond acceptors (Lipinski definition) is 3. The van der Waals surface area contributed by atoms with Crippen LogP contribution in [0.4, 0.5) is 5.82 Å². The fourth-order valence-electron chi connectivity index (χ4n) is 0.884. The van der Waals surface area contributed by atoms with Gasteiger partial charge in [0.05, 0.1) is 0 Å². The van der Waals surface area contributed by atoms with Crippen LogP contribution in [0.1, 0.15) is 10.5 Å². The molecule has 3 N–H and O–H groups in total. The van der Waals surface area contributed by atoms with Gasteiger partial charge < -0.3 is 11.1 Å². The molecule has 0 spiro atoms. The molecule has 0 aliphatic rings. The molecule has 0 atom stereocenters. The minimum Gasteiger partial charge on any atom is -0.381 e. The number of amides is 1. The van der Waals surface area contributed by atoms with E-state index in [2.05, 4.69) is 10.4 Å². The molecule has 0 bridgehead atoms. The summed E-state index contributed by atoms with van der Waals surface area (Å²) in [6.45, 7) is 0. The number of hydrogen-bond donors (Lipinski definition) is 2. The average molecular weight is 225 g/mol. The first-order valence-electron chi connectivity index (χ1n) is 3.28. The first-order chi connectivity index (χ1) is 5.57. The summed E-state index contributed by atoms with van der Waals surface area (Å²) in [6, 6.07) is 0. The van der Waals surface area contributed by atoms with E-state index in [0.717, 1.165) is 0 Å². The smallest absolute Gasteiger partial charge is 0.270 e. The Morgan fingerprint density at radius 2 is 2.23 bits per heavy atom. The Bertz CT molecular complexity index is 323. The lowest BCUT2D eigenvalue weighted by atomic mass is 10.4. The quantitative estimate of drug-likeness (QED) is 0.728. The number of carbonyl (C=O) groups excluding carboxylic acids is 1. The summed E-state index contributed by atoms with van der Waals surface area (Å²) >= 11 is 5.72. The number of nitrogens with zero attached hydrogens (tertiary/aromatic N) is 2. The van der Waals surface area contributed by atoms with Crippen LogP contribution < -0.4 is 11.1 Å². The molecular weight excluding hydrogens is 215 g/mol.